The van der Waals surface area contributed by atoms with Crippen LogP contribution in [0.4, 0.5) is 10.1 Å². The molecule has 0 heterocycles. The van der Waals surface area contributed by atoms with Crippen LogP contribution < -0.4 is 10.6 Å². The van der Waals surface area contributed by atoms with Gasteiger partial charge in [0.1, 0.15) is 10.2 Å². The van der Waals surface area contributed by atoms with E-state index < -0.39 is 34.0 Å². The van der Waals surface area contributed by atoms with Crippen LogP contribution in [0.1, 0.15) is 40.4 Å². The van der Waals surface area contributed by atoms with Gasteiger partial charge in [-0.1, -0.05) is 46.9 Å². The zero-order valence-corrected chi connectivity index (χ0v) is 21.9. The van der Waals surface area contributed by atoms with Crippen LogP contribution in [0.3, 0.4) is 0 Å². The number of hydrogen-bond donors (Lipinski definition) is 2. The summed E-state index contributed by atoms with van der Waals surface area (Å²) in [5.41, 5.74) is 1.88. The highest BCUT2D eigenvalue weighted by Gasteiger charge is 2.67. The molecule has 182 valence electrons. The largest absolute Gasteiger partial charge is 0.345 e. The number of carbonyl (C=O) groups is 2. The minimum absolute atomic E-state index is 0.162. The van der Waals surface area contributed by atoms with Crippen molar-refractivity contribution in [3.63, 3.8) is 0 Å². The van der Waals surface area contributed by atoms with Crippen molar-refractivity contribution in [2.75, 3.05) is 5.32 Å². The number of rotatable bonds is 6. The lowest BCUT2D eigenvalue weighted by atomic mass is 10.1. The summed E-state index contributed by atoms with van der Waals surface area (Å²) in [6, 6.07) is 14.8. The van der Waals surface area contributed by atoms with Gasteiger partial charge in [-0.3, -0.25) is 9.59 Å². The molecule has 3 atom stereocenters. The first-order valence-corrected chi connectivity index (χ1v) is 12.4. The number of hydrogen-bond acceptors (Lipinski definition) is 2. The molecule has 0 spiro atoms. The maximum absolute atomic E-state index is 13.2. The van der Waals surface area contributed by atoms with E-state index in [4.69, 9.17) is 58.0 Å². The van der Waals surface area contributed by atoms with Crippen molar-refractivity contribution in [1.29, 1.82) is 0 Å². The topological polar surface area (TPSA) is 58.2 Å². The third-order valence-corrected chi connectivity index (χ3v) is 7.48. The third kappa shape index (κ3) is 5.71. The van der Waals surface area contributed by atoms with Gasteiger partial charge in [-0.15, -0.1) is 23.2 Å². The van der Waals surface area contributed by atoms with Gasteiger partial charge in [-0.2, -0.15) is 0 Å². The summed E-state index contributed by atoms with van der Waals surface area (Å²) in [5, 5.41) is 6.58. The number of nitrogens with one attached hydrogen (secondary N) is 2. The fourth-order valence-electron chi connectivity index (χ4n) is 3.93. The Hall–Kier alpha value is -2.02. The van der Waals surface area contributed by atoms with Crippen LogP contribution in [-0.2, 0) is 4.79 Å². The molecule has 3 aromatic rings. The molecule has 1 fully saturated rings. The van der Waals surface area contributed by atoms with Gasteiger partial charge in [0.25, 0.3) is 5.91 Å². The number of alkyl halides is 2. The SMILES string of the molecule is CC(NC(=O)c1cc(NC(=O)[C@H]2[C@H](c3cc(Cl)cc(Cl)c3)C2(Cl)Cl)ccc1Cl)c1ccc(F)cc1. The second kappa shape index (κ2) is 10.2. The van der Waals surface area contributed by atoms with E-state index in [1.54, 1.807) is 43.3 Å². The first-order chi connectivity index (χ1) is 16.5. The molecule has 10 heteroatoms. The predicted molar refractivity (Wildman–Crippen MR) is 139 cm³/mol. The Morgan fingerprint density at radius 3 is 2.20 bits per heavy atom. The molecule has 4 nitrogen and oxygen atoms in total. The number of benzene rings is 3. The predicted octanol–water partition coefficient (Wildman–Crippen LogP) is 7.80. The molecule has 4 rings (SSSR count). The van der Waals surface area contributed by atoms with Crippen LogP contribution in [0.25, 0.3) is 0 Å². The molecule has 3 aromatic carbocycles. The molecule has 1 unspecified atom stereocenters. The van der Waals surface area contributed by atoms with E-state index in [9.17, 15) is 14.0 Å². The average molecular weight is 575 g/mol. The Morgan fingerprint density at radius 1 is 0.943 bits per heavy atom. The lowest BCUT2D eigenvalue weighted by Gasteiger charge is -2.16. The lowest BCUT2D eigenvalue weighted by molar-refractivity contribution is -0.117. The molecule has 1 saturated carbocycles. The third-order valence-electron chi connectivity index (χ3n) is 5.78. The highest BCUT2D eigenvalue weighted by Crippen LogP contribution is 2.65. The fourth-order valence-corrected chi connectivity index (χ4v) is 5.50. The van der Waals surface area contributed by atoms with Crippen molar-refractivity contribution in [2.24, 2.45) is 5.92 Å². The highest BCUT2D eigenvalue weighted by atomic mass is 35.5. The van der Waals surface area contributed by atoms with E-state index in [1.807, 2.05) is 0 Å². The minimum atomic E-state index is -1.34. The van der Waals surface area contributed by atoms with Crippen LogP contribution in [-0.4, -0.2) is 16.1 Å². The lowest BCUT2D eigenvalue weighted by Crippen LogP contribution is -2.27. The second-order valence-electron chi connectivity index (χ2n) is 8.26. The molecule has 1 aliphatic carbocycles. The molecule has 2 N–H and O–H groups in total. The number of anilines is 1. The van der Waals surface area contributed by atoms with Crippen LogP contribution in [0.2, 0.25) is 15.1 Å². The van der Waals surface area contributed by atoms with Gasteiger partial charge in [0.2, 0.25) is 5.91 Å². The van der Waals surface area contributed by atoms with Crippen LogP contribution >= 0.6 is 58.0 Å². The van der Waals surface area contributed by atoms with Crippen molar-refractivity contribution in [3.8, 4) is 0 Å². The van der Waals surface area contributed by atoms with Gasteiger partial charge < -0.3 is 10.6 Å². The Balaban J connectivity index is 1.48. The molecule has 0 bridgehead atoms. The summed E-state index contributed by atoms with van der Waals surface area (Å²) in [7, 11) is 0. The van der Waals surface area contributed by atoms with E-state index in [2.05, 4.69) is 10.6 Å². The standard InChI is InChI=1S/C25H18Cl5FN2O2/c1-12(13-2-4-17(31)5-3-13)32-23(34)19-11-18(6-7-20(19)28)33-24(35)22-21(25(22,29)30)14-8-15(26)10-16(27)9-14/h2-12,21-22H,1H3,(H,32,34)(H,33,35)/t12?,21-,22+/m0/s1. The summed E-state index contributed by atoms with van der Waals surface area (Å²) in [4.78, 5) is 25.8. The molecule has 0 radical (unpaired) electrons. The first kappa shape index (κ1) is 26.1. The van der Waals surface area contributed by atoms with Gasteiger partial charge in [-0.05, 0) is 66.6 Å². The maximum Gasteiger partial charge on any atom is 0.253 e. The zero-order valence-electron chi connectivity index (χ0n) is 18.1. The van der Waals surface area contributed by atoms with Crippen molar-refractivity contribution in [1.82, 2.24) is 5.32 Å². The zero-order chi connectivity index (χ0) is 25.5. The molecular weight excluding hydrogens is 557 g/mol. The van der Waals surface area contributed by atoms with Crippen molar-refractivity contribution in [2.45, 2.75) is 23.2 Å². The monoisotopic (exact) mass is 572 g/mol. The second-order valence-corrected chi connectivity index (χ2v) is 11.0. The molecule has 1 aliphatic rings. The van der Waals surface area contributed by atoms with E-state index in [0.717, 1.165) is 5.56 Å². The first-order valence-electron chi connectivity index (χ1n) is 10.5. The van der Waals surface area contributed by atoms with E-state index in [-0.39, 0.29) is 16.4 Å². The van der Waals surface area contributed by atoms with Crippen LogP contribution in [0.15, 0.2) is 60.7 Å². The molecule has 0 saturated heterocycles. The number of carbonyl (C=O) groups excluding carboxylic acids is 2. The minimum Gasteiger partial charge on any atom is -0.345 e. The van der Waals surface area contributed by atoms with Gasteiger partial charge >= 0.3 is 0 Å². The summed E-state index contributed by atoms with van der Waals surface area (Å²) < 4.78 is 11.8. The van der Waals surface area contributed by atoms with Crippen molar-refractivity contribution >= 4 is 75.5 Å². The molecule has 0 aliphatic heterocycles. The van der Waals surface area contributed by atoms with Gasteiger partial charge in [0.15, 0.2) is 0 Å². The van der Waals surface area contributed by atoms with Crippen molar-refractivity contribution < 1.29 is 14.0 Å². The molecular formula is C25H18Cl5FN2O2. The summed E-state index contributed by atoms with van der Waals surface area (Å²) in [6.45, 7) is 1.76. The van der Waals surface area contributed by atoms with Crippen LogP contribution in [0.5, 0.6) is 0 Å². The average Bonchev–Trinajstić information content (AvgIpc) is 3.36. The molecule has 0 aromatic heterocycles. The summed E-state index contributed by atoms with van der Waals surface area (Å²) >= 11 is 31.2. The normalized spacial score (nSPS) is 19.1. The Bertz CT molecular complexity index is 1280. The number of amides is 2. The smallest absolute Gasteiger partial charge is 0.253 e. The van der Waals surface area contributed by atoms with E-state index >= 15 is 0 Å². The van der Waals surface area contributed by atoms with E-state index in [1.165, 1.54) is 24.3 Å². The van der Waals surface area contributed by atoms with Gasteiger partial charge in [0.05, 0.1) is 22.5 Å². The summed E-state index contributed by atoms with van der Waals surface area (Å²) in [5.74, 6) is -2.51. The quantitative estimate of drug-likeness (QED) is 0.295. The van der Waals surface area contributed by atoms with E-state index in [0.29, 0.717) is 21.3 Å². The Labute approximate surface area is 226 Å². The van der Waals surface area contributed by atoms with Crippen LogP contribution in [0, 0.1) is 11.7 Å². The van der Waals surface area contributed by atoms with Crippen molar-refractivity contribution in [3.05, 3.63) is 98.2 Å². The number of halogens is 6. The van der Waals surface area contributed by atoms with Gasteiger partial charge in [-0.25, -0.2) is 4.39 Å². The maximum atomic E-state index is 13.2. The fraction of sp³-hybridized carbons (Fsp3) is 0.200. The Kier molecular flexibility index (Phi) is 7.56. The van der Waals surface area contributed by atoms with Gasteiger partial charge in [0, 0.05) is 21.7 Å². The Morgan fingerprint density at radius 2 is 1.57 bits per heavy atom. The molecule has 35 heavy (non-hydrogen) atoms. The highest BCUT2D eigenvalue weighted by molar-refractivity contribution is 6.53. The summed E-state index contributed by atoms with van der Waals surface area (Å²) in [6.07, 6.45) is 0. The molecule has 2 amide bonds.